The molecule has 0 unspecified atom stereocenters. The monoisotopic (exact) mass is 257 g/mol. The number of hydrogen-bond acceptors (Lipinski definition) is 4. The van der Waals surface area contributed by atoms with Crippen LogP contribution in [0, 0.1) is 0 Å². The van der Waals surface area contributed by atoms with E-state index in [-0.39, 0.29) is 16.7 Å². The van der Waals surface area contributed by atoms with E-state index >= 15 is 0 Å². The van der Waals surface area contributed by atoms with E-state index in [4.69, 9.17) is 22.1 Å². The second-order valence-electron chi connectivity index (χ2n) is 3.51. The first-order valence-electron chi connectivity index (χ1n) is 5.30. The molecule has 2 N–H and O–H groups in total. The molecular weight excluding hydrogens is 242 g/mol. The van der Waals surface area contributed by atoms with Crippen molar-refractivity contribution in [2.24, 2.45) is 0 Å². The van der Waals surface area contributed by atoms with Crippen LogP contribution in [0.3, 0.4) is 0 Å². The van der Waals surface area contributed by atoms with E-state index in [0.29, 0.717) is 25.3 Å². The van der Waals surface area contributed by atoms with Crippen molar-refractivity contribution in [1.29, 1.82) is 0 Å². The van der Waals surface area contributed by atoms with Crippen LogP contribution in [0.15, 0.2) is 12.3 Å². The molecule has 1 amide bonds. The van der Waals surface area contributed by atoms with Gasteiger partial charge < -0.3 is 15.4 Å². The van der Waals surface area contributed by atoms with Gasteiger partial charge in [0.05, 0.1) is 17.2 Å². The highest BCUT2D eigenvalue weighted by Gasteiger charge is 2.13. The third kappa shape index (κ3) is 3.87. The quantitative estimate of drug-likeness (QED) is 0.810. The van der Waals surface area contributed by atoms with Crippen molar-refractivity contribution >= 4 is 23.3 Å². The van der Waals surface area contributed by atoms with Crippen molar-refractivity contribution in [3.8, 4) is 0 Å². The molecule has 0 fully saturated rings. The maximum Gasteiger partial charge on any atom is 0.255 e. The van der Waals surface area contributed by atoms with Gasteiger partial charge in [-0.15, -0.1) is 0 Å². The highest BCUT2D eigenvalue weighted by molar-refractivity contribution is 6.33. The summed E-state index contributed by atoms with van der Waals surface area (Å²) in [6, 6.07) is 1.52. The highest BCUT2D eigenvalue weighted by Crippen LogP contribution is 2.17. The van der Waals surface area contributed by atoms with E-state index in [1.807, 2.05) is 6.92 Å². The smallest absolute Gasteiger partial charge is 0.255 e. The average molecular weight is 258 g/mol. The van der Waals surface area contributed by atoms with Gasteiger partial charge in [-0.2, -0.15) is 0 Å². The van der Waals surface area contributed by atoms with Gasteiger partial charge in [0.25, 0.3) is 5.91 Å². The first kappa shape index (κ1) is 13.7. The summed E-state index contributed by atoms with van der Waals surface area (Å²) < 4.78 is 5.18. The summed E-state index contributed by atoms with van der Waals surface area (Å²) in [5.41, 5.74) is 5.89. The van der Waals surface area contributed by atoms with E-state index in [0.717, 1.165) is 0 Å². The van der Waals surface area contributed by atoms with Gasteiger partial charge in [0.2, 0.25) is 0 Å². The number of hydrogen-bond donors (Lipinski definition) is 1. The molecule has 0 spiro atoms. The van der Waals surface area contributed by atoms with Crippen molar-refractivity contribution in [1.82, 2.24) is 9.88 Å². The number of rotatable bonds is 5. The molecule has 0 saturated carbocycles. The standard InChI is InChI=1S/C11H16ClN3O2/c1-3-17-5-4-15(2)11(16)8-6-9(12)10(13)14-7-8/h6-7H,3-5H2,1-2H3,(H2,13,14). The Kier molecular flexibility index (Phi) is 5.18. The van der Waals surface area contributed by atoms with Gasteiger partial charge in [0, 0.05) is 26.4 Å². The summed E-state index contributed by atoms with van der Waals surface area (Å²) in [5.74, 6) is 0.0688. The minimum atomic E-state index is -0.154. The van der Waals surface area contributed by atoms with Gasteiger partial charge >= 0.3 is 0 Å². The number of nitrogens with zero attached hydrogens (tertiary/aromatic N) is 2. The number of aromatic nitrogens is 1. The first-order valence-corrected chi connectivity index (χ1v) is 5.68. The Morgan fingerprint density at radius 1 is 1.65 bits per heavy atom. The Labute approximate surface area is 106 Å². The summed E-state index contributed by atoms with van der Waals surface area (Å²) in [5, 5.41) is 0.286. The molecule has 5 nitrogen and oxygen atoms in total. The summed E-state index contributed by atoms with van der Waals surface area (Å²) in [6.07, 6.45) is 1.42. The zero-order valence-electron chi connectivity index (χ0n) is 9.94. The third-order valence-electron chi connectivity index (χ3n) is 2.24. The summed E-state index contributed by atoms with van der Waals surface area (Å²) in [6.45, 7) is 3.58. The maximum atomic E-state index is 11.9. The fourth-order valence-corrected chi connectivity index (χ4v) is 1.40. The lowest BCUT2D eigenvalue weighted by atomic mass is 10.2. The van der Waals surface area contributed by atoms with Gasteiger partial charge in [-0.25, -0.2) is 4.98 Å². The molecule has 0 aliphatic carbocycles. The van der Waals surface area contributed by atoms with Crippen LogP contribution in [-0.4, -0.2) is 42.6 Å². The van der Waals surface area contributed by atoms with Gasteiger partial charge in [-0.3, -0.25) is 4.79 Å². The van der Waals surface area contributed by atoms with Crippen LogP contribution in [0.4, 0.5) is 5.82 Å². The van der Waals surface area contributed by atoms with Crippen LogP contribution < -0.4 is 5.73 Å². The van der Waals surface area contributed by atoms with E-state index in [2.05, 4.69) is 4.98 Å². The molecule has 1 aromatic rings. The molecule has 0 atom stereocenters. The van der Waals surface area contributed by atoms with Crippen molar-refractivity contribution in [2.75, 3.05) is 32.5 Å². The van der Waals surface area contributed by atoms with Crippen LogP contribution in [0.25, 0.3) is 0 Å². The van der Waals surface area contributed by atoms with Crippen molar-refractivity contribution in [2.45, 2.75) is 6.92 Å². The molecule has 6 heteroatoms. The van der Waals surface area contributed by atoms with Crippen LogP contribution in [0.2, 0.25) is 5.02 Å². The average Bonchev–Trinajstić information content (AvgIpc) is 2.32. The molecule has 0 aliphatic heterocycles. The zero-order valence-corrected chi connectivity index (χ0v) is 10.7. The Morgan fingerprint density at radius 3 is 2.94 bits per heavy atom. The number of ether oxygens (including phenoxy) is 1. The minimum absolute atomic E-state index is 0.154. The number of halogens is 1. The fourth-order valence-electron chi connectivity index (χ4n) is 1.23. The zero-order chi connectivity index (χ0) is 12.8. The largest absolute Gasteiger partial charge is 0.382 e. The Hall–Kier alpha value is -1.33. The molecule has 1 aromatic heterocycles. The third-order valence-corrected chi connectivity index (χ3v) is 2.54. The summed E-state index contributed by atoms with van der Waals surface area (Å²) >= 11 is 5.81. The number of likely N-dealkylation sites (N-methyl/N-ethyl adjacent to an activating group) is 1. The number of anilines is 1. The van der Waals surface area contributed by atoms with E-state index in [1.54, 1.807) is 11.9 Å². The number of carbonyl (C=O) groups is 1. The minimum Gasteiger partial charge on any atom is -0.382 e. The molecule has 1 rings (SSSR count). The Bertz CT molecular complexity index is 398. The van der Waals surface area contributed by atoms with Gasteiger partial charge in [-0.05, 0) is 13.0 Å². The lowest BCUT2D eigenvalue weighted by molar-refractivity contribution is 0.0709. The predicted octanol–water partition coefficient (Wildman–Crippen LogP) is 1.43. The van der Waals surface area contributed by atoms with Crippen LogP contribution in [-0.2, 0) is 4.74 Å². The summed E-state index contributed by atoms with van der Waals surface area (Å²) in [7, 11) is 1.70. The maximum absolute atomic E-state index is 11.9. The van der Waals surface area contributed by atoms with Gasteiger partial charge in [0.1, 0.15) is 5.82 Å². The molecule has 0 aromatic carbocycles. The molecular formula is C11H16ClN3O2. The summed E-state index contributed by atoms with van der Waals surface area (Å²) in [4.78, 5) is 17.3. The number of pyridine rings is 1. The predicted molar refractivity (Wildman–Crippen MR) is 67.1 cm³/mol. The van der Waals surface area contributed by atoms with Gasteiger partial charge in [-0.1, -0.05) is 11.6 Å². The van der Waals surface area contributed by atoms with E-state index in [9.17, 15) is 4.79 Å². The van der Waals surface area contributed by atoms with Crippen LogP contribution in [0.5, 0.6) is 0 Å². The van der Waals surface area contributed by atoms with E-state index in [1.165, 1.54) is 12.3 Å². The molecule has 1 heterocycles. The number of amides is 1. The lowest BCUT2D eigenvalue weighted by Crippen LogP contribution is -2.30. The Morgan fingerprint density at radius 2 is 2.35 bits per heavy atom. The fraction of sp³-hybridized carbons (Fsp3) is 0.455. The lowest BCUT2D eigenvalue weighted by Gasteiger charge is -2.17. The molecule has 0 bridgehead atoms. The molecule has 17 heavy (non-hydrogen) atoms. The SMILES string of the molecule is CCOCCN(C)C(=O)c1cnc(N)c(Cl)c1. The Balaban J connectivity index is 2.65. The normalized spacial score (nSPS) is 10.3. The highest BCUT2D eigenvalue weighted by atomic mass is 35.5. The molecule has 0 aliphatic rings. The number of nitrogens with two attached hydrogens (primary N) is 1. The number of nitrogen functional groups attached to an aromatic ring is 1. The molecule has 94 valence electrons. The van der Waals surface area contributed by atoms with Crippen LogP contribution in [0.1, 0.15) is 17.3 Å². The second-order valence-corrected chi connectivity index (χ2v) is 3.92. The van der Waals surface area contributed by atoms with Gasteiger partial charge in [0.15, 0.2) is 0 Å². The molecule has 0 radical (unpaired) electrons. The second kappa shape index (κ2) is 6.42. The van der Waals surface area contributed by atoms with Crippen molar-refractivity contribution < 1.29 is 9.53 Å². The first-order chi connectivity index (χ1) is 8.06. The van der Waals surface area contributed by atoms with Crippen molar-refractivity contribution in [3.63, 3.8) is 0 Å². The van der Waals surface area contributed by atoms with Crippen molar-refractivity contribution in [3.05, 3.63) is 22.8 Å². The van der Waals surface area contributed by atoms with Crippen LogP contribution >= 0.6 is 11.6 Å². The topological polar surface area (TPSA) is 68.5 Å². The van der Waals surface area contributed by atoms with E-state index < -0.39 is 0 Å². The molecule has 0 saturated heterocycles. The number of carbonyl (C=O) groups excluding carboxylic acids is 1.